The summed E-state index contributed by atoms with van der Waals surface area (Å²) < 4.78 is 5.60. The molecule has 6 nitrogen and oxygen atoms in total. The highest BCUT2D eigenvalue weighted by molar-refractivity contribution is 6.32. The molecule has 0 radical (unpaired) electrons. The summed E-state index contributed by atoms with van der Waals surface area (Å²) in [5.41, 5.74) is 2.24. The Kier molecular flexibility index (Phi) is 6.74. The maximum atomic E-state index is 12.5. The largest absolute Gasteiger partial charge is 0.482 e. The fraction of sp³-hybridized carbons (Fsp3) is 0.500. The van der Waals surface area contributed by atoms with Gasteiger partial charge < -0.3 is 14.6 Å². The minimum absolute atomic E-state index is 0.000916. The molecule has 1 aromatic carbocycles. The molecule has 3 rings (SSSR count). The summed E-state index contributed by atoms with van der Waals surface area (Å²) in [6, 6.07) is 7.21. The third-order valence-corrected chi connectivity index (χ3v) is 5.18. The van der Waals surface area contributed by atoms with Crippen LogP contribution in [0.15, 0.2) is 24.3 Å². The predicted molar refractivity (Wildman–Crippen MR) is 106 cm³/mol. The fourth-order valence-electron chi connectivity index (χ4n) is 3.27. The number of aromatic nitrogens is 2. The first-order valence-corrected chi connectivity index (χ1v) is 9.86. The fourth-order valence-corrected chi connectivity index (χ4v) is 3.46. The molecule has 0 unspecified atom stereocenters. The number of aryl methyl sites for hydroxylation is 2. The molecule has 27 heavy (non-hydrogen) atoms. The van der Waals surface area contributed by atoms with Gasteiger partial charge in [0.25, 0.3) is 5.91 Å². The van der Waals surface area contributed by atoms with E-state index in [0.29, 0.717) is 17.3 Å². The average molecular weight is 391 g/mol. The lowest BCUT2D eigenvalue weighted by Gasteiger charge is -2.22. The first kappa shape index (κ1) is 19.7. The molecule has 2 aromatic rings. The van der Waals surface area contributed by atoms with E-state index in [-0.39, 0.29) is 12.5 Å². The van der Waals surface area contributed by atoms with E-state index in [1.165, 1.54) is 0 Å². The molecular formula is C20H27ClN4O2. The van der Waals surface area contributed by atoms with Gasteiger partial charge in [-0.05, 0) is 25.5 Å². The van der Waals surface area contributed by atoms with Crippen molar-refractivity contribution in [2.24, 2.45) is 0 Å². The number of carbonyl (C=O) groups excluding carboxylic acids is 1. The van der Waals surface area contributed by atoms with Crippen LogP contribution in [0, 0.1) is 6.92 Å². The van der Waals surface area contributed by atoms with Crippen molar-refractivity contribution in [1.82, 2.24) is 19.8 Å². The van der Waals surface area contributed by atoms with E-state index in [4.69, 9.17) is 16.3 Å². The van der Waals surface area contributed by atoms with Crippen LogP contribution < -0.4 is 4.74 Å². The van der Waals surface area contributed by atoms with Crippen molar-refractivity contribution >= 4 is 17.5 Å². The van der Waals surface area contributed by atoms with E-state index in [2.05, 4.69) is 28.7 Å². The molecule has 0 saturated carbocycles. The Balaban J connectivity index is 1.50. The molecule has 146 valence electrons. The van der Waals surface area contributed by atoms with Crippen LogP contribution in [0.4, 0.5) is 0 Å². The predicted octanol–water partition coefficient (Wildman–Crippen LogP) is 3.05. The second-order valence-electron chi connectivity index (χ2n) is 6.84. The first-order valence-electron chi connectivity index (χ1n) is 9.48. The molecule has 7 heteroatoms. The number of hydrogen-bond acceptors (Lipinski definition) is 4. The first-order chi connectivity index (χ1) is 13.1. The van der Waals surface area contributed by atoms with Crippen molar-refractivity contribution in [1.29, 1.82) is 0 Å². The van der Waals surface area contributed by atoms with E-state index in [1.807, 2.05) is 17.0 Å². The topological polar surface area (TPSA) is 61.5 Å². The molecular weight excluding hydrogens is 364 g/mol. The normalized spacial score (nSPS) is 15.6. The number of halogens is 1. The number of imidazole rings is 1. The van der Waals surface area contributed by atoms with Crippen molar-refractivity contribution < 1.29 is 9.53 Å². The molecule has 0 spiro atoms. The van der Waals surface area contributed by atoms with Crippen molar-refractivity contribution in [3.63, 3.8) is 0 Å². The summed E-state index contributed by atoms with van der Waals surface area (Å²) in [5.74, 6) is 1.58. The third-order valence-electron chi connectivity index (χ3n) is 4.87. The van der Waals surface area contributed by atoms with Gasteiger partial charge >= 0.3 is 0 Å². The summed E-state index contributed by atoms with van der Waals surface area (Å²) in [6.45, 7) is 8.26. The van der Waals surface area contributed by atoms with Gasteiger partial charge in [0.2, 0.25) is 0 Å². The lowest BCUT2D eigenvalue weighted by Crippen LogP contribution is -2.38. The van der Waals surface area contributed by atoms with E-state index in [1.54, 1.807) is 12.1 Å². The smallest absolute Gasteiger partial charge is 0.260 e. The number of rotatable bonds is 6. The second kappa shape index (κ2) is 9.24. The van der Waals surface area contributed by atoms with Crippen LogP contribution in [-0.4, -0.2) is 58.5 Å². The Morgan fingerprint density at radius 2 is 2.07 bits per heavy atom. The van der Waals surface area contributed by atoms with Gasteiger partial charge in [-0.15, -0.1) is 0 Å². The Hall–Kier alpha value is -2.05. The molecule has 1 aliphatic heterocycles. The second-order valence-corrected chi connectivity index (χ2v) is 7.25. The van der Waals surface area contributed by atoms with Crippen molar-refractivity contribution in [2.75, 3.05) is 32.8 Å². The van der Waals surface area contributed by atoms with Crippen LogP contribution in [0.5, 0.6) is 5.75 Å². The quantitative estimate of drug-likeness (QED) is 0.823. The Morgan fingerprint density at radius 3 is 2.81 bits per heavy atom. The number of ether oxygens (including phenoxy) is 1. The molecule has 1 fully saturated rings. The van der Waals surface area contributed by atoms with Crippen molar-refractivity contribution in [2.45, 2.75) is 33.2 Å². The van der Waals surface area contributed by atoms with E-state index >= 15 is 0 Å². The van der Waals surface area contributed by atoms with Gasteiger partial charge in [-0.3, -0.25) is 9.69 Å². The molecule has 2 heterocycles. The molecule has 1 amide bonds. The maximum Gasteiger partial charge on any atom is 0.260 e. The zero-order chi connectivity index (χ0) is 19.2. The monoisotopic (exact) mass is 390 g/mol. The van der Waals surface area contributed by atoms with Gasteiger partial charge in [0, 0.05) is 44.8 Å². The molecule has 1 aliphatic rings. The van der Waals surface area contributed by atoms with E-state index < -0.39 is 0 Å². The number of aromatic amines is 1. The average Bonchev–Trinajstić information content (AvgIpc) is 2.87. The van der Waals surface area contributed by atoms with Crippen LogP contribution in [0.25, 0.3) is 0 Å². The standard InChI is InChI=1S/C20H27ClN4O2/c1-3-19-22-15(2)17(23-19)13-24-9-6-10-25(12-11-24)20(26)14-27-18-8-5-4-7-16(18)21/h4-5,7-8H,3,6,9-14H2,1-2H3,(H,22,23). The molecule has 1 aromatic heterocycles. The summed E-state index contributed by atoms with van der Waals surface area (Å²) in [6.07, 6.45) is 1.86. The van der Waals surface area contributed by atoms with Gasteiger partial charge in [0.1, 0.15) is 11.6 Å². The maximum absolute atomic E-state index is 12.5. The van der Waals surface area contributed by atoms with Crippen LogP contribution in [-0.2, 0) is 17.8 Å². The minimum atomic E-state index is 0.000916. The van der Waals surface area contributed by atoms with E-state index in [9.17, 15) is 4.79 Å². The van der Waals surface area contributed by atoms with E-state index in [0.717, 1.165) is 56.2 Å². The zero-order valence-electron chi connectivity index (χ0n) is 16.0. The molecule has 1 saturated heterocycles. The van der Waals surface area contributed by atoms with Gasteiger partial charge in [-0.25, -0.2) is 4.98 Å². The summed E-state index contributed by atoms with van der Waals surface area (Å²) in [5, 5.41) is 0.521. The molecule has 0 aliphatic carbocycles. The third kappa shape index (κ3) is 5.23. The van der Waals surface area contributed by atoms with Crippen LogP contribution in [0.3, 0.4) is 0 Å². The molecule has 0 bridgehead atoms. The van der Waals surface area contributed by atoms with Gasteiger partial charge in [-0.2, -0.15) is 0 Å². The summed E-state index contributed by atoms with van der Waals surface area (Å²) in [4.78, 5) is 24.8. The van der Waals surface area contributed by atoms with Crippen LogP contribution in [0.1, 0.15) is 30.6 Å². The van der Waals surface area contributed by atoms with Gasteiger partial charge in [-0.1, -0.05) is 30.7 Å². The number of H-pyrrole nitrogens is 1. The summed E-state index contributed by atoms with van der Waals surface area (Å²) >= 11 is 6.08. The summed E-state index contributed by atoms with van der Waals surface area (Å²) in [7, 11) is 0. The Morgan fingerprint density at radius 1 is 1.26 bits per heavy atom. The number of nitrogens with zero attached hydrogens (tertiary/aromatic N) is 3. The Labute approximate surface area is 165 Å². The van der Waals surface area contributed by atoms with Crippen LogP contribution >= 0.6 is 11.6 Å². The van der Waals surface area contributed by atoms with Gasteiger partial charge in [0.15, 0.2) is 6.61 Å². The number of para-hydroxylation sites is 1. The van der Waals surface area contributed by atoms with Crippen molar-refractivity contribution in [3.05, 3.63) is 46.5 Å². The molecule has 1 N–H and O–H groups in total. The lowest BCUT2D eigenvalue weighted by atomic mass is 10.3. The number of nitrogens with one attached hydrogen (secondary N) is 1. The highest BCUT2D eigenvalue weighted by Gasteiger charge is 2.21. The number of amides is 1. The van der Waals surface area contributed by atoms with Crippen LogP contribution in [0.2, 0.25) is 5.02 Å². The minimum Gasteiger partial charge on any atom is -0.482 e. The number of carbonyl (C=O) groups is 1. The number of hydrogen-bond donors (Lipinski definition) is 1. The number of benzene rings is 1. The Bertz CT molecular complexity index is 777. The highest BCUT2D eigenvalue weighted by Crippen LogP contribution is 2.23. The van der Waals surface area contributed by atoms with Gasteiger partial charge in [0.05, 0.1) is 10.7 Å². The zero-order valence-corrected chi connectivity index (χ0v) is 16.8. The lowest BCUT2D eigenvalue weighted by molar-refractivity contribution is -0.133. The van der Waals surface area contributed by atoms with Crippen molar-refractivity contribution in [3.8, 4) is 5.75 Å². The molecule has 0 atom stereocenters. The SMILES string of the molecule is CCc1nc(CN2CCCN(C(=O)COc3ccccc3Cl)CC2)c(C)[nH]1. The highest BCUT2D eigenvalue weighted by atomic mass is 35.5.